The first-order chi connectivity index (χ1) is 16.5. The summed E-state index contributed by atoms with van der Waals surface area (Å²) in [5.41, 5.74) is 3.88. The van der Waals surface area contributed by atoms with Gasteiger partial charge in [0.1, 0.15) is 0 Å². The Bertz CT molecular complexity index is 1220. The van der Waals surface area contributed by atoms with Gasteiger partial charge in [0.15, 0.2) is 0 Å². The van der Waals surface area contributed by atoms with Crippen LogP contribution in [0.15, 0.2) is 89.8 Å². The van der Waals surface area contributed by atoms with Crippen molar-refractivity contribution in [2.75, 3.05) is 0 Å². The number of hydrogen-bond donors (Lipinski definition) is 0. The Hall–Kier alpha value is -3.36. The topological polar surface area (TPSA) is 61.2 Å². The van der Waals surface area contributed by atoms with Crippen LogP contribution in [0.4, 0.5) is 0 Å². The van der Waals surface area contributed by atoms with Crippen molar-refractivity contribution in [1.82, 2.24) is 4.31 Å². The molecule has 176 valence electrons. The molecule has 3 rings (SSSR count). The molecule has 34 heavy (non-hydrogen) atoms. The molecule has 0 aromatic heterocycles. The molecular formula is C29H32N2O2S. The zero-order valence-corrected chi connectivity index (χ0v) is 20.8. The molecule has 0 aliphatic rings. The summed E-state index contributed by atoms with van der Waals surface area (Å²) >= 11 is 0. The third-order valence-electron chi connectivity index (χ3n) is 5.75. The van der Waals surface area contributed by atoms with Crippen molar-refractivity contribution in [1.29, 1.82) is 5.26 Å². The number of nitriles is 1. The number of unbranched alkanes of at least 4 members (excludes halogenated alkanes) is 4. The van der Waals surface area contributed by atoms with Crippen molar-refractivity contribution >= 4 is 15.7 Å². The van der Waals surface area contributed by atoms with E-state index in [0.717, 1.165) is 48.8 Å². The lowest BCUT2D eigenvalue weighted by molar-refractivity contribution is 0.506. The van der Waals surface area contributed by atoms with Crippen molar-refractivity contribution in [2.24, 2.45) is 0 Å². The fourth-order valence-electron chi connectivity index (χ4n) is 3.78. The molecule has 0 saturated heterocycles. The largest absolute Gasteiger partial charge is 0.264 e. The highest BCUT2D eigenvalue weighted by molar-refractivity contribution is 7.89. The zero-order chi connectivity index (χ0) is 24.4. The Kier molecular flexibility index (Phi) is 9.07. The monoisotopic (exact) mass is 472 g/mol. The molecule has 0 aliphatic heterocycles. The molecule has 0 unspecified atom stereocenters. The molecule has 0 atom stereocenters. The van der Waals surface area contributed by atoms with E-state index >= 15 is 0 Å². The number of sulfonamides is 1. The molecule has 3 aromatic rings. The maximum Gasteiger partial charge on any atom is 0.264 e. The van der Waals surface area contributed by atoms with E-state index in [2.05, 4.69) is 13.0 Å². The van der Waals surface area contributed by atoms with Gasteiger partial charge in [0.25, 0.3) is 10.0 Å². The van der Waals surface area contributed by atoms with Gasteiger partial charge in [-0.25, -0.2) is 8.42 Å². The number of benzene rings is 3. The molecule has 5 heteroatoms. The van der Waals surface area contributed by atoms with E-state index < -0.39 is 10.0 Å². The van der Waals surface area contributed by atoms with E-state index in [1.165, 1.54) is 4.31 Å². The highest BCUT2D eigenvalue weighted by atomic mass is 32.2. The smallest absolute Gasteiger partial charge is 0.262 e. The minimum atomic E-state index is -3.83. The summed E-state index contributed by atoms with van der Waals surface area (Å²) in [5.74, 6) is 0. The van der Waals surface area contributed by atoms with Gasteiger partial charge in [-0.15, -0.1) is 0 Å². The Morgan fingerprint density at radius 2 is 1.59 bits per heavy atom. The first kappa shape index (κ1) is 25.3. The van der Waals surface area contributed by atoms with Crippen LogP contribution < -0.4 is 0 Å². The SMILES string of the molecule is CCCCCC/C=C(\c1ccc(C#N)cc1)N(Cc1ccccc1)S(=O)(=O)c1ccc(C)cc1. The number of nitrogens with zero attached hydrogens (tertiary/aromatic N) is 2. The molecule has 0 bridgehead atoms. The van der Waals surface area contributed by atoms with Crippen LogP contribution >= 0.6 is 0 Å². The molecule has 0 N–H and O–H groups in total. The highest BCUT2D eigenvalue weighted by Crippen LogP contribution is 2.30. The molecule has 0 radical (unpaired) electrons. The van der Waals surface area contributed by atoms with Gasteiger partial charge in [0.2, 0.25) is 0 Å². The maximum atomic E-state index is 14.0. The lowest BCUT2D eigenvalue weighted by atomic mass is 10.1. The molecule has 0 spiro atoms. The van der Waals surface area contributed by atoms with E-state index in [1.807, 2.05) is 67.6 Å². The lowest BCUT2D eigenvalue weighted by Gasteiger charge is -2.28. The molecule has 3 aromatic carbocycles. The first-order valence-corrected chi connectivity index (χ1v) is 13.2. The van der Waals surface area contributed by atoms with Gasteiger partial charge >= 0.3 is 0 Å². The first-order valence-electron chi connectivity index (χ1n) is 11.8. The van der Waals surface area contributed by atoms with Crippen LogP contribution in [0.5, 0.6) is 0 Å². The fourth-order valence-corrected chi connectivity index (χ4v) is 5.27. The Labute approximate surface area is 204 Å². The normalized spacial score (nSPS) is 11.7. The average Bonchev–Trinajstić information content (AvgIpc) is 2.86. The Morgan fingerprint density at radius 3 is 2.21 bits per heavy atom. The highest BCUT2D eigenvalue weighted by Gasteiger charge is 2.27. The minimum absolute atomic E-state index is 0.220. The molecule has 0 heterocycles. The number of aryl methyl sites for hydroxylation is 1. The standard InChI is InChI=1S/C29H32N2O2S/c1-3-4-5-6-10-13-29(27-18-16-25(22-30)17-19-27)31(23-26-11-8-7-9-12-26)34(32,33)28-20-14-24(2)15-21-28/h7-9,11-21H,3-6,10,23H2,1-2H3/b29-13+. The van der Waals surface area contributed by atoms with Crippen LogP contribution in [0.2, 0.25) is 0 Å². The molecule has 4 nitrogen and oxygen atoms in total. The summed E-state index contributed by atoms with van der Waals surface area (Å²) < 4.78 is 29.4. The summed E-state index contributed by atoms with van der Waals surface area (Å²) in [7, 11) is -3.83. The van der Waals surface area contributed by atoms with Gasteiger partial charge in [0, 0.05) is 0 Å². The van der Waals surface area contributed by atoms with Crippen molar-refractivity contribution in [3.05, 3.63) is 107 Å². The molecular weight excluding hydrogens is 440 g/mol. The third-order valence-corrected chi connectivity index (χ3v) is 7.53. The summed E-state index contributed by atoms with van der Waals surface area (Å²) in [5, 5.41) is 9.22. The van der Waals surface area contributed by atoms with Crippen molar-refractivity contribution in [3.63, 3.8) is 0 Å². The van der Waals surface area contributed by atoms with Crippen LogP contribution in [0.1, 0.15) is 61.3 Å². The fraction of sp³-hybridized carbons (Fsp3) is 0.276. The van der Waals surface area contributed by atoms with Crippen LogP contribution in [-0.4, -0.2) is 12.7 Å². The third kappa shape index (κ3) is 6.59. The Balaban J connectivity index is 2.10. The molecule has 0 saturated carbocycles. The van der Waals surface area contributed by atoms with E-state index in [-0.39, 0.29) is 11.4 Å². The summed E-state index contributed by atoms with van der Waals surface area (Å²) in [6.45, 7) is 4.34. The second kappa shape index (κ2) is 12.2. The van der Waals surface area contributed by atoms with Gasteiger partial charge in [0.05, 0.1) is 28.8 Å². The maximum absolute atomic E-state index is 14.0. The second-order valence-corrected chi connectivity index (χ2v) is 10.3. The van der Waals surface area contributed by atoms with E-state index in [1.54, 1.807) is 24.3 Å². The molecule has 0 aliphatic carbocycles. The van der Waals surface area contributed by atoms with Gasteiger partial charge in [-0.2, -0.15) is 5.26 Å². The van der Waals surface area contributed by atoms with Gasteiger partial charge in [-0.05, 0) is 55.2 Å². The summed E-state index contributed by atoms with van der Waals surface area (Å²) in [4.78, 5) is 0.263. The zero-order valence-electron chi connectivity index (χ0n) is 19.9. The van der Waals surface area contributed by atoms with Crippen LogP contribution in [0, 0.1) is 18.3 Å². The predicted molar refractivity (Wildman–Crippen MR) is 138 cm³/mol. The van der Waals surface area contributed by atoms with E-state index in [4.69, 9.17) is 0 Å². The summed E-state index contributed by atoms with van der Waals surface area (Å²) in [6, 6.07) is 25.9. The van der Waals surface area contributed by atoms with Gasteiger partial charge < -0.3 is 0 Å². The van der Waals surface area contributed by atoms with Crippen LogP contribution in [0.3, 0.4) is 0 Å². The average molecular weight is 473 g/mol. The molecule has 0 amide bonds. The van der Waals surface area contributed by atoms with Crippen LogP contribution in [0.25, 0.3) is 5.70 Å². The van der Waals surface area contributed by atoms with Crippen molar-refractivity contribution in [3.8, 4) is 6.07 Å². The summed E-state index contributed by atoms with van der Waals surface area (Å²) in [6.07, 6.45) is 7.23. The second-order valence-electron chi connectivity index (χ2n) is 8.44. The van der Waals surface area contributed by atoms with Crippen LogP contribution in [-0.2, 0) is 16.6 Å². The van der Waals surface area contributed by atoms with E-state index in [0.29, 0.717) is 11.3 Å². The number of rotatable bonds is 11. The minimum Gasteiger partial charge on any atom is -0.262 e. The lowest BCUT2D eigenvalue weighted by Crippen LogP contribution is -2.29. The van der Waals surface area contributed by atoms with Gasteiger partial charge in [-0.3, -0.25) is 4.31 Å². The number of hydrogen-bond acceptors (Lipinski definition) is 3. The Morgan fingerprint density at radius 1 is 0.912 bits per heavy atom. The number of allylic oxidation sites excluding steroid dienone is 1. The van der Waals surface area contributed by atoms with Crippen molar-refractivity contribution < 1.29 is 8.42 Å². The quantitative estimate of drug-likeness (QED) is 0.280. The van der Waals surface area contributed by atoms with E-state index in [9.17, 15) is 13.7 Å². The predicted octanol–water partition coefficient (Wildman–Crippen LogP) is 7.07. The van der Waals surface area contributed by atoms with Crippen molar-refractivity contribution in [2.45, 2.75) is 57.4 Å². The molecule has 0 fully saturated rings. The van der Waals surface area contributed by atoms with Gasteiger partial charge in [-0.1, -0.05) is 92.4 Å².